The Morgan fingerprint density at radius 2 is 2.29 bits per heavy atom. The number of hydrogen-bond acceptors (Lipinski definition) is 5. The lowest BCUT2D eigenvalue weighted by Gasteiger charge is -2.13. The van der Waals surface area contributed by atoms with Crippen LogP contribution in [0.1, 0.15) is 12.6 Å². The van der Waals surface area contributed by atoms with Crippen molar-refractivity contribution in [3.05, 3.63) is 32.9 Å². The van der Waals surface area contributed by atoms with E-state index in [9.17, 15) is 19.1 Å². The molecule has 94 valence electrons. The molecule has 1 saturated heterocycles. The number of aromatic nitrogens is 2. The van der Waals surface area contributed by atoms with Gasteiger partial charge in [0.05, 0.1) is 18.9 Å². The van der Waals surface area contributed by atoms with Crippen LogP contribution < -0.4 is 11.2 Å². The molecule has 2 heterocycles. The molecule has 3 atom stereocenters. The molecule has 7 nitrogen and oxygen atoms in total. The van der Waals surface area contributed by atoms with Crippen LogP contribution in [0.5, 0.6) is 0 Å². The Labute approximate surface area is 94.1 Å². The number of halogens is 1. The average Bonchev–Trinajstić information content (AvgIpc) is 2.65. The first kappa shape index (κ1) is 12.0. The van der Waals surface area contributed by atoms with Gasteiger partial charge in [0, 0.05) is 6.42 Å². The normalized spacial score (nSPS) is 28.5. The van der Waals surface area contributed by atoms with Crippen LogP contribution in [0.3, 0.4) is 0 Å². The van der Waals surface area contributed by atoms with E-state index in [0.29, 0.717) is 0 Å². The fourth-order valence-electron chi connectivity index (χ4n) is 1.72. The number of rotatable bonds is 2. The minimum Gasteiger partial charge on any atom is -0.394 e. The Hall–Kier alpha value is -1.51. The van der Waals surface area contributed by atoms with E-state index < -0.39 is 42.1 Å². The molecular weight excluding hydrogens is 235 g/mol. The van der Waals surface area contributed by atoms with Crippen molar-refractivity contribution in [2.75, 3.05) is 6.61 Å². The summed E-state index contributed by atoms with van der Waals surface area (Å²) in [5, 5.41) is 18.3. The van der Waals surface area contributed by atoms with Crippen molar-refractivity contribution in [2.24, 2.45) is 0 Å². The minimum absolute atomic E-state index is 0.0383. The molecule has 2 rings (SSSR count). The van der Waals surface area contributed by atoms with Gasteiger partial charge < -0.3 is 14.9 Å². The van der Waals surface area contributed by atoms with Crippen LogP contribution in [0.25, 0.3) is 0 Å². The van der Waals surface area contributed by atoms with E-state index in [0.717, 1.165) is 10.8 Å². The summed E-state index contributed by atoms with van der Waals surface area (Å²) in [4.78, 5) is 24.0. The van der Waals surface area contributed by atoms with E-state index in [-0.39, 0.29) is 6.42 Å². The van der Waals surface area contributed by atoms with Crippen LogP contribution in [0.4, 0.5) is 4.39 Å². The highest BCUT2D eigenvalue weighted by atomic mass is 19.1. The van der Waals surface area contributed by atoms with Crippen molar-refractivity contribution in [3.63, 3.8) is 0 Å². The van der Waals surface area contributed by atoms with Gasteiger partial charge in [0.25, 0.3) is 5.56 Å². The summed E-state index contributed by atoms with van der Waals surface area (Å²) >= 11 is 0. The number of aliphatic hydroxyl groups is 2. The number of H-pyrrole nitrogens is 1. The predicted octanol–water partition coefficient (Wildman–Crippen LogP) is -1.68. The van der Waals surface area contributed by atoms with Crippen LogP contribution in [0, 0.1) is 5.82 Å². The molecule has 1 aromatic rings. The molecule has 8 heteroatoms. The highest BCUT2D eigenvalue weighted by Crippen LogP contribution is 2.26. The number of nitrogens with one attached hydrogen (secondary N) is 1. The zero-order chi connectivity index (χ0) is 12.6. The molecule has 0 unspecified atom stereocenters. The van der Waals surface area contributed by atoms with E-state index in [1.807, 2.05) is 0 Å². The predicted molar refractivity (Wildman–Crippen MR) is 52.9 cm³/mol. The second-order valence-corrected chi connectivity index (χ2v) is 3.76. The number of nitrogens with zero attached hydrogens (tertiary/aromatic N) is 1. The molecule has 0 radical (unpaired) electrons. The molecule has 17 heavy (non-hydrogen) atoms. The first-order valence-electron chi connectivity index (χ1n) is 4.98. The zero-order valence-corrected chi connectivity index (χ0v) is 8.67. The largest absolute Gasteiger partial charge is 0.394 e. The van der Waals surface area contributed by atoms with Gasteiger partial charge in [-0.3, -0.25) is 14.3 Å². The smallest absolute Gasteiger partial charge is 0.330 e. The fraction of sp³-hybridized carbons (Fsp3) is 0.556. The molecule has 0 bridgehead atoms. The van der Waals surface area contributed by atoms with Gasteiger partial charge in [-0.15, -0.1) is 0 Å². The molecule has 0 aliphatic carbocycles. The summed E-state index contributed by atoms with van der Waals surface area (Å²) < 4.78 is 19.0. The van der Waals surface area contributed by atoms with Crippen molar-refractivity contribution in [2.45, 2.75) is 24.9 Å². The van der Waals surface area contributed by atoms with E-state index in [1.54, 1.807) is 4.98 Å². The second kappa shape index (κ2) is 4.40. The molecule has 3 N–H and O–H groups in total. The van der Waals surface area contributed by atoms with Crippen LogP contribution in [0.15, 0.2) is 15.8 Å². The number of aromatic amines is 1. The van der Waals surface area contributed by atoms with Gasteiger partial charge in [0.1, 0.15) is 12.3 Å². The maximum Gasteiger partial charge on any atom is 0.330 e. The molecule has 0 saturated carbocycles. The van der Waals surface area contributed by atoms with E-state index in [1.165, 1.54) is 0 Å². The van der Waals surface area contributed by atoms with Gasteiger partial charge in [-0.05, 0) is 0 Å². The second-order valence-electron chi connectivity index (χ2n) is 3.76. The molecule has 0 amide bonds. The maximum absolute atomic E-state index is 13.0. The average molecular weight is 246 g/mol. The number of hydrogen-bond donors (Lipinski definition) is 3. The van der Waals surface area contributed by atoms with Crippen LogP contribution in [-0.2, 0) is 4.74 Å². The van der Waals surface area contributed by atoms with Gasteiger partial charge in [0.2, 0.25) is 5.82 Å². The Morgan fingerprint density at radius 3 is 2.88 bits per heavy atom. The van der Waals surface area contributed by atoms with Crippen molar-refractivity contribution >= 4 is 0 Å². The molecule has 0 aromatic carbocycles. The first-order chi connectivity index (χ1) is 8.02. The van der Waals surface area contributed by atoms with Crippen molar-refractivity contribution < 1.29 is 19.3 Å². The van der Waals surface area contributed by atoms with Crippen molar-refractivity contribution in [1.82, 2.24) is 9.55 Å². The van der Waals surface area contributed by atoms with Gasteiger partial charge in [-0.1, -0.05) is 0 Å². The molecule has 1 aromatic heterocycles. The monoisotopic (exact) mass is 246 g/mol. The highest BCUT2D eigenvalue weighted by Gasteiger charge is 2.35. The third kappa shape index (κ3) is 2.14. The maximum atomic E-state index is 13.0. The Balaban J connectivity index is 2.34. The van der Waals surface area contributed by atoms with E-state index in [2.05, 4.69) is 0 Å². The summed E-state index contributed by atoms with van der Waals surface area (Å²) in [6.07, 6.45) is -1.90. The standard InChI is InChI=1S/C9H11FN2O5/c10-4-2-12(9(16)11-8(4)15)7-1-5(14)6(3-13)17-7/h2,5-7,13-14H,1,3H2,(H,11,15,16)/t5-,6-,7+/m0/s1. The van der Waals surface area contributed by atoms with Gasteiger partial charge >= 0.3 is 5.69 Å². The summed E-state index contributed by atoms with van der Waals surface area (Å²) in [6.45, 7) is -0.405. The lowest BCUT2D eigenvalue weighted by molar-refractivity contribution is -0.0462. The van der Waals surface area contributed by atoms with Crippen LogP contribution >= 0.6 is 0 Å². The lowest BCUT2D eigenvalue weighted by Crippen LogP contribution is -2.34. The quantitative estimate of drug-likeness (QED) is 0.578. The van der Waals surface area contributed by atoms with Crippen molar-refractivity contribution in [1.29, 1.82) is 0 Å². The number of ether oxygens (including phenoxy) is 1. The van der Waals surface area contributed by atoms with Crippen LogP contribution in [0.2, 0.25) is 0 Å². The Bertz CT molecular complexity index is 525. The highest BCUT2D eigenvalue weighted by molar-refractivity contribution is 4.90. The van der Waals surface area contributed by atoms with Gasteiger partial charge in [0.15, 0.2) is 0 Å². The summed E-state index contributed by atoms with van der Waals surface area (Å²) in [6, 6.07) is 0. The molecular formula is C9H11FN2O5. The zero-order valence-electron chi connectivity index (χ0n) is 8.67. The molecule has 1 aliphatic heterocycles. The topological polar surface area (TPSA) is 105 Å². The fourth-order valence-corrected chi connectivity index (χ4v) is 1.72. The SMILES string of the molecule is O=c1[nH]c(=O)n([C@H]2C[C@H](O)[C@H](CO)O2)cc1F. The third-order valence-corrected chi connectivity index (χ3v) is 2.62. The number of aliphatic hydroxyl groups excluding tert-OH is 2. The minimum atomic E-state index is -1.12. The van der Waals surface area contributed by atoms with Gasteiger partial charge in [-0.25, -0.2) is 4.79 Å². The Kier molecular flexibility index (Phi) is 3.09. The van der Waals surface area contributed by atoms with E-state index >= 15 is 0 Å². The van der Waals surface area contributed by atoms with Gasteiger partial charge in [-0.2, -0.15) is 4.39 Å². The third-order valence-electron chi connectivity index (χ3n) is 2.62. The summed E-state index contributed by atoms with van der Waals surface area (Å²) in [7, 11) is 0. The molecule has 1 aliphatic rings. The van der Waals surface area contributed by atoms with E-state index in [4.69, 9.17) is 9.84 Å². The lowest BCUT2D eigenvalue weighted by atomic mass is 10.2. The molecule has 1 fully saturated rings. The Morgan fingerprint density at radius 1 is 1.59 bits per heavy atom. The summed E-state index contributed by atoms with van der Waals surface area (Å²) in [5.41, 5.74) is -1.93. The molecule has 0 spiro atoms. The van der Waals surface area contributed by atoms with Crippen molar-refractivity contribution in [3.8, 4) is 0 Å². The first-order valence-corrected chi connectivity index (χ1v) is 4.98. The van der Waals surface area contributed by atoms with Crippen LogP contribution in [-0.4, -0.2) is 38.6 Å². The summed E-state index contributed by atoms with van der Waals surface area (Å²) in [5.74, 6) is -1.12.